The fraction of sp³-hybridized carbons (Fsp3) is 0.176. The molecule has 0 unspecified atom stereocenters. The molecule has 0 aromatic heterocycles. The number of rotatable bonds is 4. The molecule has 2 heteroatoms. The molecule has 0 heterocycles. The third-order valence-corrected chi connectivity index (χ3v) is 3.54. The molecule has 0 amide bonds. The summed E-state index contributed by atoms with van der Waals surface area (Å²) in [5, 5.41) is 21.2. The first-order valence-corrected chi connectivity index (χ1v) is 6.29. The lowest BCUT2D eigenvalue weighted by Gasteiger charge is -2.34. The van der Waals surface area contributed by atoms with E-state index in [2.05, 4.69) is 6.58 Å². The summed E-state index contributed by atoms with van der Waals surface area (Å²) in [6.07, 6.45) is 1.69. The van der Waals surface area contributed by atoms with Gasteiger partial charge >= 0.3 is 0 Å². The maximum atomic E-state index is 11.2. The highest BCUT2D eigenvalue weighted by Crippen LogP contribution is 2.41. The summed E-state index contributed by atoms with van der Waals surface area (Å²) < 4.78 is 0. The van der Waals surface area contributed by atoms with Gasteiger partial charge in [0.25, 0.3) is 0 Å². The van der Waals surface area contributed by atoms with E-state index in [4.69, 9.17) is 0 Å². The van der Waals surface area contributed by atoms with Gasteiger partial charge < -0.3 is 10.2 Å². The fourth-order valence-corrected chi connectivity index (χ4v) is 2.32. The van der Waals surface area contributed by atoms with E-state index in [1.54, 1.807) is 30.3 Å². The predicted octanol–water partition coefficient (Wildman–Crippen LogP) is 3.45. The molecule has 0 saturated heterocycles. The van der Waals surface area contributed by atoms with Crippen LogP contribution in [0.25, 0.3) is 0 Å². The smallest absolute Gasteiger partial charge is 0.124 e. The average Bonchev–Trinajstić information content (AvgIpc) is 2.47. The minimum atomic E-state index is -1.28. The van der Waals surface area contributed by atoms with Crippen molar-refractivity contribution in [3.8, 4) is 5.75 Å². The molecule has 0 radical (unpaired) electrons. The molecule has 2 aromatic carbocycles. The average molecular weight is 254 g/mol. The third kappa shape index (κ3) is 2.27. The molecule has 0 aliphatic carbocycles. The molecule has 2 N–H and O–H groups in total. The van der Waals surface area contributed by atoms with Crippen LogP contribution in [0, 0.1) is 5.92 Å². The second-order valence-electron chi connectivity index (χ2n) is 4.67. The highest BCUT2D eigenvalue weighted by Gasteiger charge is 2.37. The van der Waals surface area contributed by atoms with Crippen molar-refractivity contribution < 1.29 is 10.2 Å². The van der Waals surface area contributed by atoms with Crippen LogP contribution in [0.1, 0.15) is 18.1 Å². The number of benzene rings is 2. The predicted molar refractivity (Wildman–Crippen MR) is 76.9 cm³/mol. The minimum absolute atomic E-state index is 0.0857. The Morgan fingerprint density at radius 3 is 2.21 bits per heavy atom. The third-order valence-electron chi connectivity index (χ3n) is 3.54. The van der Waals surface area contributed by atoms with Crippen molar-refractivity contribution in [2.45, 2.75) is 12.5 Å². The Labute approximate surface area is 113 Å². The van der Waals surface area contributed by atoms with Crippen LogP contribution in [0.15, 0.2) is 67.3 Å². The van der Waals surface area contributed by atoms with Crippen molar-refractivity contribution in [3.05, 3.63) is 78.4 Å². The number of para-hydroxylation sites is 1. The van der Waals surface area contributed by atoms with Crippen LogP contribution in [0.3, 0.4) is 0 Å². The van der Waals surface area contributed by atoms with Crippen molar-refractivity contribution in [2.75, 3.05) is 0 Å². The molecular weight excluding hydrogens is 236 g/mol. The number of aliphatic hydroxyl groups is 1. The number of phenolic OH excluding ortho intramolecular Hbond substituents is 1. The molecule has 0 saturated carbocycles. The lowest BCUT2D eigenvalue weighted by molar-refractivity contribution is 0.0412. The van der Waals surface area contributed by atoms with Gasteiger partial charge in [0.2, 0.25) is 0 Å². The van der Waals surface area contributed by atoms with E-state index in [0.29, 0.717) is 5.56 Å². The molecule has 2 rings (SSSR count). The second-order valence-corrected chi connectivity index (χ2v) is 4.67. The van der Waals surface area contributed by atoms with E-state index in [-0.39, 0.29) is 11.7 Å². The van der Waals surface area contributed by atoms with Gasteiger partial charge in [0.15, 0.2) is 0 Å². The molecule has 0 bridgehead atoms. The molecule has 2 atom stereocenters. The normalized spacial score (nSPS) is 15.5. The lowest BCUT2D eigenvalue weighted by atomic mass is 9.76. The molecule has 0 fully saturated rings. The van der Waals surface area contributed by atoms with Crippen LogP contribution >= 0.6 is 0 Å². The molecule has 0 aliphatic heterocycles. The number of hydrogen-bond acceptors (Lipinski definition) is 2. The second kappa shape index (κ2) is 5.29. The number of hydrogen-bond donors (Lipinski definition) is 2. The molecular formula is C17H18O2. The van der Waals surface area contributed by atoms with Crippen LogP contribution in [0.2, 0.25) is 0 Å². The van der Waals surface area contributed by atoms with Gasteiger partial charge in [-0.25, -0.2) is 0 Å². The van der Waals surface area contributed by atoms with Crippen LogP contribution in [-0.4, -0.2) is 10.2 Å². The van der Waals surface area contributed by atoms with Gasteiger partial charge in [0, 0.05) is 11.5 Å². The summed E-state index contributed by atoms with van der Waals surface area (Å²) in [4.78, 5) is 0. The molecule has 2 aromatic rings. The number of phenols is 1. The SMILES string of the molecule is C=C[C@@H](C)[C@](O)(c1ccccc1)c1ccccc1O. The molecule has 0 aliphatic rings. The monoisotopic (exact) mass is 254 g/mol. The Morgan fingerprint density at radius 1 is 1.05 bits per heavy atom. The molecule has 98 valence electrons. The van der Waals surface area contributed by atoms with Crippen LogP contribution in [0.4, 0.5) is 0 Å². The first-order chi connectivity index (χ1) is 9.10. The summed E-state index contributed by atoms with van der Waals surface area (Å²) in [6, 6.07) is 16.2. The quantitative estimate of drug-likeness (QED) is 0.820. The van der Waals surface area contributed by atoms with E-state index in [0.717, 1.165) is 5.56 Å². The standard InChI is InChI=1S/C17H18O2/c1-3-13(2)17(19,14-9-5-4-6-10-14)15-11-7-8-12-16(15)18/h3-13,18-19H,1H2,2H3/t13-,17+/m1/s1. The minimum Gasteiger partial charge on any atom is -0.508 e. The van der Waals surface area contributed by atoms with Gasteiger partial charge in [-0.05, 0) is 11.6 Å². The van der Waals surface area contributed by atoms with Crippen molar-refractivity contribution in [1.82, 2.24) is 0 Å². The topological polar surface area (TPSA) is 40.5 Å². The Morgan fingerprint density at radius 2 is 1.63 bits per heavy atom. The summed E-state index contributed by atoms with van der Waals surface area (Å²) in [6.45, 7) is 5.65. The summed E-state index contributed by atoms with van der Waals surface area (Å²) in [7, 11) is 0. The van der Waals surface area contributed by atoms with Crippen LogP contribution in [-0.2, 0) is 5.60 Å². The maximum Gasteiger partial charge on any atom is 0.124 e. The van der Waals surface area contributed by atoms with E-state index in [9.17, 15) is 10.2 Å². The van der Waals surface area contributed by atoms with Gasteiger partial charge in [-0.1, -0.05) is 61.5 Å². The van der Waals surface area contributed by atoms with Gasteiger partial charge in [-0.15, -0.1) is 6.58 Å². The van der Waals surface area contributed by atoms with Crippen molar-refractivity contribution >= 4 is 0 Å². The van der Waals surface area contributed by atoms with E-state index < -0.39 is 5.60 Å². The highest BCUT2D eigenvalue weighted by atomic mass is 16.3. The van der Waals surface area contributed by atoms with Crippen molar-refractivity contribution in [3.63, 3.8) is 0 Å². The maximum absolute atomic E-state index is 11.2. The number of aromatic hydroxyl groups is 1. The summed E-state index contributed by atoms with van der Waals surface area (Å²) in [5.41, 5.74) is -0.0496. The lowest BCUT2D eigenvalue weighted by Crippen LogP contribution is -2.34. The van der Waals surface area contributed by atoms with Crippen molar-refractivity contribution in [2.24, 2.45) is 5.92 Å². The zero-order valence-electron chi connectivity index (χ0n) is 11.0. The van der Waals surface area contributed by atoms with Gasteiger partial charge in [-0.3, -0.25) is 0 Å². The van der Waals surface area contributed by atoms with Crippen LogP contribution in [0.5, 0.6) is 5.75 Å². The Balaban J connectivity index is 2.66. The Kier molecular flexibility index (Phi) is 3.72. The van der Waals surface area contributed by atoms with Gasteiger partial charge in [0.05, 0.1) is 0 Å². The first-order valence-electron chi connectivity index (χ1n) is 6.29. The fourth-order valence-electron chi connectivity index (χ4n) is 2.32. The van der Waals surface area contributed by atoms with Crippen molar-refractivity contribution in [1.29, 1.82) is 0 Å². The Bertz CT molecular complexity index is 562. The molecule has 0 spiro atoms. The molecule has 19 heavy (non-hydrogen) atoms. The van der Waals surface area contributed by atoms with Gasteiger partial charge in [0.1, 0.15) is 11.4 Å². The summed E-state index contributed by atoms with van der Waals surface area (Å²) in [5.74, 6) is -0.147. The van der Waals surface area contributed by atoms with Crippen LogP contribution < -0.4 is 0 Å². The zero-order chi connectivity index (χ0) is 13.9. The van der Waals surface area contributed by atoms with E-state index in [1.807, 2.05) is 37.3 Å². The largest absolute Gasteiger partial charge is 0.508 e. The van der Waals surface area contributed by atoms with E-state index in [1.165, 1.54) is 0 Å². The zero-order valence-corrected chi connectivity index (χ0v) is 11.0. The summed E-state index contributed by atoms with van der Waals surface area (Å²) >= 11 is 0. The first kappa shape index (κ1) is 13.4. The Hall–Kier alpha value is -2.06. The molecule has 2 nitrogen and oxygen atoms in total. The highest BCUT2D eigenvalue weighted by molar-refractivity contribution is 5.45. The van der Waals surface area contributed by atoms with E-state index >= 15 is 0 Å². The van der Waals surface area contributed by atoms with Gasteiger partial charge in [-0.2, -0.15) is 0 Å².